The predicted molar refractivity (Wildman–Crippen MR) is 128 cm³/mol. The van der Waals surface area contributed by atoms with Crippen LogP contribution in [-0.2, 0) is 21.8 Å². The molecule has 0 aliphatic carbocycles. The van der Waals surface area contributed by atoms with Crippen molar-refractivity contribution in [3.8, 4) is 0 Å². The van der Waals surface area contributed by atoms with Gasteiger partial charge in [-0.05, 0) is 31.4 Å². The van der Waals surface area contributed by atoms with Crippen LogP contribution >= 0.6 is 23.2 Å². The first-order valence-electron chi connectivity index (χ1n) is 10.9. The van der Waals surface area contributed by atoms with Gasteiger partial charge in [0.25, 0.3) is 0 Å². The molecular weight excluding hydrogens is 484 g/mol. The molecule has 1 amide bonds. The molecule has 0 bridgehead atoms. The van der Waals surface area contributed by atoms with Gasteiger partial charge in [-0.2, -0.15) is 13.2 Å². The quantitative estimate of drug-likeness (QED) is 0.263. The molecule has 0 aliphatic heterocycles. The molecule has 0 radical (unpaired) electrons. The monoisotopic (exact) mass is 516 g/mol. The molecule has 3 unspecified atom stereocenters. The summed E-state index contributed by atoms with van der Waals surface area (Å²) < 4.78 is 50.6. The van der Waals surface area contributed by atoms with Crippen LogP contribution < -0.4 is 11.1 Å². The highest BCUT2D eigenvalue weighted by Crippen LogP contribution is 2.38. The third-order valence-corrected chi connectivity index (χ3v) is 7.36. The molecule has 0 aromatic heterocycles. The summed E-state index contributed by atoms with van der Waals surface area (Å²) in [4.78, 5) is 12.3. The van der Waals surface area contributed by atoms with Crippen LogP contribution in [0.4, 0.5) is 18.9 Å². The Bertz CT molecular complexity index is 740. The van der Waals surface area contributed by atoms with Crippen LogP contribution in [0.25, 0.3) is 0 Å². The number of rotatable bonds is 14. The Labute approximate surface area is 201 Å². The van der Waals surface area contributed by atoms with Gasteiger partial charge in [0, 0.05) is 34.8 Å². The van der Waals surface area contributed by atoms with Crippen LogP contribution in [0.5, 0.6) is 0 Å². The maximum atomic E-state index is 12.8. The molecule has 3 N–H and O–H groups in total. The maximum Gasteiger partial charge on any atom is 0.416 e. The summed E-state index contributed by atoms with van der Waals surface area (Å²) in [6, 6.07) is 1.25. The van der Waals surface area contributed by atoms with Crippen molar-refractivity contribution in [2.24, 2.45) is 5.73 Å². The average Bonchev–Trinajstić information content (AvgIpc) is 2.69. The average molecular weight is 517 g/mol. The molecule has 1 rings (SSSR count). The zero-order valence-corrected chi connectivity index (χ0v) is 20.9. The van der Waals surface area contributed by atoms with Gasteiger partial charge in [0.1, 0.15) is 0 Å². The highest BCUT2D eigenvalue weighted by atomic mass is 35.5. The van der Waals surface area contributed by atoms with E-state index in [9.17, 15) is 22.2 Å². The molecule has 4 nitrogen and oxygen atoms in total. The lowest BCUT2D eigenvalue weighted by Gasteiger charge is -2.22. The number of amides is 1. The van der Waals surface area contributed by atoms with Crippen molar-refractivity contribution in [3.05, 3.63) is 27.7 Å². The second-order valence-corrected chi connectivity index (χ2v) is 10.4. The van der Waals surface area contributed by atoms with Crippen LogP contribution in [0, 0.1) is 0 Å². The molecule has 0 fully saturated rings. The third-order valence-electron chi connectivity index (χ3n) is 5.32. The number of carbonyl (C=O) groups is 1. The fraction of sp³-hybridized carbons (Fsp3) is 0.682. The highest BCUT2D eigenvalue weighted by molar-refractivity contribution is 7.85. The van der Waals surface area contributed by atoms with Crippen molar-refractivity contribution >= 4 is 45.6 Å². The Morgan fingerprint density at radius 1 is 1.06 bits per heavy atom. The van der Waals surface area contributed by atoms with Crippen molar-refractivity contribution in [1.29, 1.82) is 0 Å². The number of halogens is 5. The summed E-state index contributed by atoms with van der Waals surface area (Å²) in [7, 11) is -1.12. The first kappa shape index (κ1) is 29.2. The van der Waals surface area contributed by atoms with Gasteiger partial charge in [-0.1, -0.05) is 68.7 Å². The van der Waals surface area contributed by atoms with Crippen LogP contribution in [0.1, 0.15) is 76.7 Å². The fourth-order valence-corrected chi connectivity index (χ4v) is 5.20. The van der Waals surface area contributed by atoms with Crippen LogP contribution in [-0.4, -0.2) is 27.7 Å². The number of carbonyl (C=O) groups excluding carboxylic acids is 1. The van der Waals surface area contributed by atoms with Crippen molar-refractivity contribution in [1.82, 2.24) is 0 Å². The number of anilines is 1. The second kappa shape index (κ2) is 14.4. The molecule has 0 saturated heterocycles. The van der Waals surface area contributed by atoms with Crippen LogP contribution in [0.3, 0.4) is 0 Å². The molecular formula is C22H33Cl2F3N2O2S. The summed E-state index contributed by atoms with van der Waals surface area (Å²) in [6.45, 7) is 2.17. The molecule has 0 saturated carbocycles. The molecule has 0 aliphatic rings. The first-order valence-corrected chi connectivity index (χ1v) is 13.3. The number of alkyl halides is 3. The second-order valence-electron chi connectivity index (χ2n) is 8.01. The van der Waals surface area contributed by atoms with Gasteiger partial charge in [0.15, 0.2) is 0 Å². The van der Waals surface area contributed by atoms with E-state index >= 15 is 0 Å². The SMILES string of the molecule is CCCCCCCCC(N)C(CCCC(=O)Nc1c(Cl)cc(C(F)(F)F)cc1Cl)S(C)=O. The van der Waals surface area contributed by atoms with Crippen molar-refractivity contribution in [2.45, 2.75) is 88.6 Å². The van der Waals surface area contributed by atoms with Crippen molar-refractivity contribution < 1.29 is 22.2 Å². The van der Waals surface area contributed by atoms with Gasteiger partial charge in [-0.3, -0.25) is 9.00 Å². The van der Waals surface area contributed by atoms with Gasteiger partial charge in [-0.15, -0.1) is 0 Å². The Balaban J connectivity index is 2.53. The Morgan fingerprint density at radius 3 is 2.16 bits per heavy atom. The number of nitrogens with one attached hydrogen (secondary N) is 1. The largest absolute Gasteiger partial charge is 0.416 e. The maximum absolute atomic E-state index is 12.8. The molecule has 184 valence electrons. The lowest BCUT2D eigenvalue weighted by molar-refractivity contribution is -0.137. The Kier molecular flexibility index (Phi) is 13.2. The van der Waals surface area contributed by atoms with E-state index < -0.39 is 28.4 Å². The number of unbranched alkanes of at least 4 members (excludes halogenated alkanes) is 5. The summed E-state index contributed by atoms with van der Waals surface area (Å²) in [5.41, 5.74) is 5.23. The third kappa shape index (κ3) is 10.4. The first-order chi connectivity index (χ1) is 15.0. The van der Waals surface area contributed by atoms with Crippen LogP contribution in [0.15, 0.2) is 12.1 Å². The minimum atomic E-state index is -4.59. The summed E-state index contributed by atoms with van der Waals surface area (Å²) in [5, 5.41) is 1.69. The number of hydrogen-bond donors (Lipinski definition) is 2. The summed E-state index contributed by atoms with van der Waals surface area (Å²) in [5.74, 6) is -0.432. The van der Waals surface area contributed by atoms with Gasteiger partial charge < -0.3 is 11.1 Å². The molecule has 32 heavy (non-hydrogen) atoms. The standard InChI is InChI=1S/C22H33Cl2F3N2O2S/c1-3-4-5-6-7-8-10-18(28)19(32(2)31)11-9-12-20(30)29-21-16(23)13-15(14-17(21)24)22(25,26)27/h13-14,18-19H,3-12,28H2,1-2H3,(H,29,30). The van der Waals surface area contributed by atoms with Crippen molar-refractivity contribution in [2.75, 3.05) is 11.6 Å². The van der Waals surface area contributed by atoms with E-state index in [4.69, 9.17) is 28.9 Å². The molecule has 1 aromatic rings. The van der Waals surface area contributed by atoms with Gasteiger partial charge >= 0.3 is 6.18 Å². The zero-order valence-electron chi connectivity index (χ0n) is 18.6. The lowest BCUT2D eigenvalue weighted by Crippen LogP contribution is -2.37. The van der Waals surface area contributed by atoms with Crippen molar-refractivity contribution in [3.63, 3.8) is 0 Å². The van der Waals surface area contributed by atoms with E-state index in [0.717, 1.165) is 31.4 Å². The van der Waals surface area contributed by atoms with E-state index in [2.05, 4.69) is 12.2 Å². The Morgan fingerprint density at radius 2 is 1.62 bits per heavy atom. The normalized spacial score (nSPS) is 14.8. The number of benzene rings is 1. The van der Waals surface area contributed by atoms with Gasteiger partial charge in [0.05, 0.1) is 21.3 Å². The molecule has 3 atom stereocenters. The summed E-state index contributed by atoms with van der Waals surface area (Å²) in [6.07, 6.45) is 5.79. The summed E-state index contributed by atoms with van der Waals surface area (Å²) >= 11 is 11.8. The predicted octanol–water partition coefficient (Wildman–Crippen LogP) is 6.95. The van der Waals surface area contributed by atoms with E-state index in [1.54, 1.807) is 6.26 Å². The lowest BCUT2D eigenvalue weighted by atomic mass is 10.0. The van der Waals surface area contributed by atoms with E-state index in [0.29, 0.717) is 12.8 Å². The number of nitrogens with two attached hydrogens (primary N) is 1. The minimum absolute atomic E-state index is 0.0540. The van der Waals surface area contributed by atoms with Gasteiger partial charge in [-0.25, -0.2) is 0 Å². The smallest absolute Gasteiger partial charge is 0.327 e. The van der Waals surface area contributed by atoms with E-state index in [1.807, 2.05) is 0 Å². The molecule has 1 aromatic carbocycles. The minimum Gasteiger partial charge on any atom is -0.327 e. The highest BCUT2D eigenvalue weighted by Gasteiger charge is 2.32. The topological polar surface area (TPSA) is 72.2 Å². The van der Waals surface area contributed by atoms with E-state index in [1.165, 1.54) is 25.7 Å². The van der Waals surface area contributed by atoms with E-state index in [-0.39, 0.29) is 33.4 Å². The molecule has 0 spiro atoms. The zero-order chi connectivity index (χ0) is 24.3. The molecule has 0 heterocycles. The number of hydrogen-bond acceptors (Lipinski definition) is 3. The van der Waals surface area contributed by atoms with Gasteiger partial charge in [0.2, 0.25) is 5.91 Å². The van der Waals surface area contributed by atoms with Crippen LogP contribution in [0.2, 0.25) is 10.0 Å². The molecule has 10 heteroatoms. The Hall–Kier alpha value is -0.830. The fourth-order valence-electron chi connectivity index (χ4n) is 3.49.